The maximum Gasteiger partial charge on any atom is 0.270 e. The van der Waals surface area contributed by atoms with Gasteiger partial charge in [-0.25, -0.2) is 14.4 Å². The maximum absolute atomic E-state index is 13.8. The second kappa shape index (κ2) is 11.0. The summed E-state index contributed by atoms with van der Waals surface area (Å²) in [5.41, 5.74) is 1.10. The highest BCUT2D eigenvalue weighted by Crippen LogP contribution is 2.19. The number of halogens is 1. The number of rotatable bonds is 9. The Morgan fingerprint density at radius 3 is 3.00 bits per heavy atom. The van der Waals surface area contributed by atoms with Crippen molar-refractivity contribution in [2.45, 2.75) is 26.1 Å². The number of nitrogens with one attached hydrogen (secondary N) is 1. The predicted octanol–water partition coefficient (Wildman–Crippen LogP) is 0.294. The van der Waals surface area contributed by atoms with Crippen molar-refractivity contribution < 1.29 is 28.5 Å². The van der Waals surface area contributed by atoms with Crippen LogP contribution in [0, 0.1) is 12.7 Å². The molecule has 1 fully saturated rings. The highest BCUT2D eigenvalue weighted by Gasteiger charge is 2.19. The topological polar surface area (TPSA) is 146 Å². The lowest BCUT2D eigenvalue weighted by Gasteiger charge is -2.21. The normalized spacial score (nSPS) is 15.8. The average Bonchev–Trinajstić information content (AvgIpc) is 3.31. The van der Waals surface area contributed by atoms with Gasteiger partial charge in [0.15, 0.2) is 11.6 Å². The Balaban J connectivity index is 1.42. The van der Waals surface area contributed by atoms with E-state index in [0.717, 1.165) is 0 Å². The van der Waals surface area contributed by atoms with Gasteiger partial charge in [-0.1, -0.05) is 6.07 Å². The van der Waals surface area contributed by atoms with E-state index in [1.54, 1.807) is 6.92 Å². The number of carbonyl (C=O) groups is 1. The molecule has 1 amide bonds. The van der Waals surface area contributed by atoms with Gasteiger partial charge in [0.25, 0.3) is 5.91 Å². The van der Waals surface area contributed by atoms with Crippen molar-refractivity contribution in [2.24, 2.45) is 0 Å². The SMILES string of the molecule is Cc1nc(C(=O)NCc2ccc(F)c(OCCO)c2)cc(-c2nnn(C[C@H]3COCCO3)n2)n1. The number of hydrogen-bond acceptors (Lipinski definition) is 10. The van der Waals surface area contributed by atoms with Crippen molar-refractivity contribution in [1.29, 1.82) is 0 Å². The Labute approximate surface area is 194 Å². The molecule has 0 aliphatic carbocycles. The van der Waals surface area contributed by atoms with Gasteiger partial charge < -0.3 is 24.6 Å². The Bertz CT molecular complexity index is 1140. The fourth-order valence-electron chi connectivity index (χ4n) is 3.24. The van der Waals surface area contributed by atoms with Gasteiger partial charge in [0.1, 0.15) is 29.9 Å². The van der Waals surface area contributed by atoms with E-state index in [-0.39, 0.29) is 43.1 Å². The third kappa shape index (κ3) is 6.07. The van der Waals surface area contributed by atoms with Gasteiger partial charge in [0.05, 0.1) is 33.0 Å². The Kier molecular flexibility index (Phi) is 7.67. The molecular weight excluding hydrogens is 449 g/mol. The van der Waals surface area contributed by atoms with Crippen LogP contribution in [-0.4, -0.2) is 80.3 Å². The molecule has 0 spiro atoms. The quantitative estimate of drug-likeness (QED) is 0.445. The van der Waals surface area contributed by atoms with Crippen molar-refractivity contribution in [2.75, 3.05) is 33.0 Å². The third-order valence-electron chi connectivity index (χ3n) is 4.80. The number of carbonyl (C=O) groups excluding carboxylic acids is 1. The largest absolute Gasteiger partial charge is 0.488 e. The summed E-state index contributed by atoms with van der Waals surface area (Å²) in [5, 5.41) is 24.0. The number of ether oxygens (including phenoxy) is 3. The fraction of sp³-hybridized carbons (Fsp3) is 0.429. The highest BCUT2D eigenvalue weighted by molar-refractivity contribution is 5.93. The molecule has 1 aromatic carbocycles. The summed E-state index contributed by atoms with van der Waals surface area (Å²) >= 11 is 0. The summed E-state index contributed by atoms with van der Waals surface area (Å²) < 4.78 is 29.9. The minimum atomic E-state index is -0.553. The van der Waals surface area contributed by atoms with E-state index in [9.17, 15) is 9.18 Å². The molecule has 2 aromatic heterocycles. The molecule has 0 saturated carbocycles. The lowest BCUT2D eigenvalue weighted by atomic mass is 10.2. The summed E-state index contributed by atoms with van der Waals surface area (Å²) in [7, 11) is 0. The number of aliphatic hydroxyl groups excluding tert-OH is 1. The minimum absolute atomic E-state index is 0.000292. The number of hydrogen-bond donors (Lipinski definition) is 2. The van der Waals surface area contributed by atoms with Gasteiger partial charge in [-0.3, -0.25) is 4.79 Å². The molecule has 0 unspecified atom stereocenters. The summed E-state index contributed by atoms with van der Waals surface area (Å²) in [6.45, 7) is 3.43. The lowest BCUT2D eigenvalue weighted by Crippen LogP contribution is -2.33. The summed E-state index contributed by atoms with van der Waals surface area (Å²) in [6, 6.07) is 5.71. The van der Waals surface area contributed by atoms with Gasteiger partial charge in [-0.15, -0.1) is 10.2 Å². The zero-order valence-corrected chi connectivity index (χ0v) is 18.5. The molecule has 4 rings (SSSR count). The molecule has 0 bridgehead atoms. The minimum Gasteiger partial charge on any atom is -0.488 e. The molecule has 1 aliphatic heterocycles. The van der Waals surface area contributed by atoms with E-state index < -0.39 is 11.7 Å². The smallest absolute Gasteiger partial charge is 0.270 e. The second-order valence-electron chi connectivity index (χ2n) is 7.44. The van der Waals surface area contributed by atoms with Crippen LogP contribution >= 0.6 is 0 Å². The summed E-state index contributed by atoms with van der Waals surface area (Å²) in [5.74, 6) is -0.387. The monoisotopic (exact) mass is 473 g/mol. The molecule has 13 heteroatoms. The summed E-state index contributed by atoms with van der Waals surface area (Å²) in [6.07, 6.45) is -0.162. The number of nitrogens with zero attached hydrogens (tertiary/aromatic N) is 6. The zero-order valence-electron chi connectivity index (χ0n) is 18.5. The van der Waals surface area contributed by atoms with E-state index in [1.807, 2.05) is 0 Å². The van der Waals surface area contributed by atoms with Gasteiger partial charge in [0, 0.05) is 6.54 Å². The van der Waals surface area contributed by atoms with Gasteiger partial charge in [-0.05, 0) is 35.9 Å². The predicted molar refractivity (Wildman–Crippen MR) is 114 cm³/mol. The number of aliphatic hydroxyl groups is 1. The maximum atomic E-state index is 13.8. The highest BCUT2D eigenvalue weighted by atomic mass is 19.1. The molecule has 3 aromatic rings. The van der Waals surface area contributed by atoms with E-state index in [2.05, 4.69) is 30.7 Å². The Hall–Kier alpha value is -3.55. The molecular formula is C21H24FN7O5. The number of amides is 1. The van der Waals surface area contributed by atoms with Crippen molar-refractivity contribution >= 4 is 5.91 Å². The first-order chi connectivity index (χ1) is 16.5. The van der Waals surface area contributed by atoms with E-state index >= 15 is 0 Å². The molecule has 2 N–H and O–H groups in total. The Morgan fingerprint density at radius 2 is 2.21 bits per heavy atom. The van der Waals surface area contributed by atoms with E-state index in [4.69, 9.17) is 19.3 Å². The number of benzene rings is 1. The van der Waals surface area contributed by atoms with Crippen LogP contribution in [0.15, 0.2) is 24.3 Å². The molecule has 3 heterocycles. The number of aromatic nitrogens is 6. The van der Waals surface area contributed by atoms with Crippen LogP contribution in [0.5, 0.6) is 5.75 Å². The first-order valence-corrected chi connectivity index (χ1v) is 10.7. The van der Waals surface area contributed by atoms with Crippen molar-refractivity contribution in [1.82, 2.24) is 35.5 Å². The van der Waals surface area contributed by atoms with Crippen LogP contribution in [0.1, 0.15) is 21.9 Å². The van der Waals surface area contributed by atoms with E-state index in [0.29, 0.717) is 43.4 Å². The van der Waals surface area contributed by atoms with Crippen LogP contribution in [0.4, 0.5) is 4.39 Å². The van der Waals surface area contributed by atoms with Crippen molar-refractivity contribution in [3.05, 3.63) is 47.2 Å². The molecule has 1 atom stereocenters. The van der Waals surface area contributed by atoms with Crippen molar-refractivity contribution in [3.63, 3.8) is 0 Å². The molecule has 34 heavy (non-hydrogen) atoms. The number of aryl methyl sites for hydroxylation is 1. The average molecular weight is 473 g/mol. The van der Waals surface area contributed by atoms with Gasteiger partial charge >= 0.3 is 0 Å². The molecule has 180 valence electrons. The molecule has 12 nitrogen and oxygen atoms in total. The van der Waals surface area contributed by atoms with Crippen LogP contribution < -0.4 is 10.1 Å². The zero-order chi connectivity index (χ0) is 23.9. The van der Waals surface area contributed by atoms with Crippen LogP contribution in [0.3, 0.4) is 0 Å². The summed E-state index contributed by atoms with van der Waals surface area (Å²) in [4.78, 5) is 22.6. The fourth-order valence-corrected chi connectivity index (χ4v) is 3.24. The first kappa shape index (κ1) is 23.6. The molecule has 0 radical (unpaired) electrons. The van der Waals surface area contributed by atoms with Crippen LogP contribution in [0.25, 0.3) is 11.5 Å². The lowest BCUT2D eigenvalue weighted by molar-refractivity contribution is -0.0959. The first-order valence-electron chi connectivity index (χ1n) is 10.7. The Morgan fingerprint density at radius 1 is 1.32 bits per heavy atom. The van der Waals surface area contributed by atoms with Gasteiger partial charge in [0.2, 0.25) is 5.82 Å². The standard InChI is InChI=1S/C21H24FN7O5/c1-13-24-17(20-26-28-29(27-20)11-15-12-32-6-7-33-15)9-18(25-13)21(31)23-10-14-2-3-16(22)19(8-14)34-5-4-30/h2-3,8-9,15,30H,4-7,10-12H2,1H3,(H,23,31)/t15-/m0/s1. The van der Waals surface area contributed by atoms with Crippen LogP contribution in [-0.2, 0) is 22.6 Å². The van der Waals surface area contributed by atoms with Crippen LogP contribution in [0.2, 0.25) is 0 Å². The third-order valence-corrected chi connectivity index (χ3v) is 4.80. The molecule has 1 aliphatic rings. The van der Waals surface area contributed by atoms with Gasteiger partial charge in [-0.2, -0.15) is 4.80 Å². The van der Waals surface area contributed by atoms with Crippen molar-refractivity contribution in [3.8, 4) is 17.3 Å². The second-order valence-corrected chi connectivity index (χ2v) is 7.44. The van der Waals surface area contributed by atoms with E-state index in [1.165, 1.54) is 29.1 Å². The molecule has 1 saturated heterocycles. The number of tetrazole rings is 1.